The summed E-state index contributed by atoms with van der Waals surface area (Å²) in [7, 11) is 0. The van der Waals surface area contributed by atoms with E-state index in [1.807, 2.05) is 12.3 Å². The number of nitrogens with two attached hydrogens (primary N) is 1. The third kappa shape index (κ3) is 5.50. The van der Waals surface area contributed by atoms with Crippen molar-refractivity contribution in [3.05, 3.63) is 30.1 Å². The molecular weight excluding hydrogens is 188 g/mol. The molecule has 0 spiro atoms. The maximum atomic E-state index is 5.92. The Morgan fingerprint density at radius 2 is 2.40 bits per heavy atom. The summed E-state index contributed by atoms with van der Waals surface area (Å²) in [6.07, 6.45) is 6.66. The summed E-state index contributed by atoms with van der Waals surface area (Å²) in [5.74, 6) is 0. The number of aromatic nitrogens is 1. The Labute approximate surface area is 91.7 Å². The summed E-state index contributed by atoms with van der Waals surface area (Å²) in [5, 5.41) is 0. The van der Waals surface area contributed by atoms with E-state index in [0.717, 1.165) is 25.9 Å². The molecule has 0 bridgehead atoms. The second kappa shape index (κ2) is 7.37. The fourth-order valence-electron chi connectivity index (χ4n) is 1.36. The first-order chi connectivity index (χ1) is 7.33. The Hall–Kier alpha value is -0.930. The van der Waals surface area contributed by atoms with Crippen LogP contribution in [-0.2, 0) is 11.2 Å². The molecule has 0 amide bonds. The van der Waals surface area contributed by atoms with Crippen molar-refractivity contribution in [2.24, 2.45) is 5.73 Å². The van der Waals surface area contributed by atoms with E-state index in [1.54, 1.807) is 6.20 Å². The standard InChI is InChI=1S/C12H20N2O/c1-2-8-15-10-12(13)6-5-11-4-3-7-14-9-11/h3-4,7,9,12H,2,5-6,8,10,13H2,1H3. The zero-order chi connectivity index (χ0) is 10.9. The van der Waals surface area contributed by atoms with Crippen LogP contribution in [0, 0.1) is 0 Å². The first kappa shape index (κ1) is 12.1. The van der Waals surface area contributed by atoms with E-state index in [2.05, 4.69) is 18.0 Å². The largest absolute Gasteiger partial charge is 0.380 e. The molecule has 0 aliphatic heterocycles. The molecule has 0 saturated heterocycles. The quantitative estimate of drug-likeness (QED) is 0.695. The predicted octanol–water partition coefficient (Wildman–Crippen LogP) is 1.77. The number of nitrogens with zero attached hydrogens (tertiary/aromatic N) is 1. The molecule has 0 radical (unpaired) electrons. The van der Waals surface area contributed by atoms with Crippen molar-refractivity contribution in [3.8, 4) is 0 Å². The van der Waals surface area contributed by atoms with Gasteiger partial charge in [0.25, 0.3) is 0 Å². The van der Waals surface area contributed by atoms with Gasteiger partial charge in [-0.05, 0) is 30.9 Å². The van der Waals surface area contributed by atoms with Gasteiger partial charge in [0.2, 0.25) is 0 Å². The molecule has 3 heteroatoms. The van der Waals surface area contributed by atoms with E-state index in [-0.39, 0.29) is 6.04 Å². The van der Waals surface area contributed by atoms with Gasteiger partial charge in [0.15, 0.2) is 0 Å². The third-order valence-electron chi connectivity index (χ3n) is 2.21. The molecule has 1 heterocycles. The SMILES string of the molecule is CCCOCC(N)CCc1cccnc1. The van der Waals surface area contributed by atoms with Crippen LogP contribution < -0.4 is 5.73 Å². The van der Waals surface area contributed by atoms with Crippen molar-refractivity contribution >= 4 is 0 Å². The average molecular weight is 208 g/mol. The van der Waals surface area contributed by atoms with Gasteiger partial charge in [-0.25, -0.2) is 0 Å². The van der Waals surface area contributed by atoms with Gasteiger partial charge in [-0.2, -0.15) is 0 Å². The highest BCUT2D eigenvalue weighted by Gasteiger charge is 2.02. The first-order valence-electron chi connectivity index (χ1n) is 5.55. The minimum absolute atomic E-state index is 0.136. The summed E-state index contributed by atoms with van der Waals surface area (Å²) in [5.41, 5.74) is 7.16. The molecule has 1 aromatic heterocycles. The Bertz CT molecular complexity index is 251. The topological polar surface area (TPSA) is 48.1 Å². The molecule has 1 unspecified atom stereocenters. The molecule has 3 nitrogen and oxygen atoms in total. The highest BCUT2D eigenvalue weighted by molar-refractivity contribution is 5.08. The van der Waals surface area contributed by atoms with Gasteiger partial charge in [0, 0.05) is 25.0 Å². The van der Waals surface area contributed by atoms with Crippen LogP contribution in [0.15, 0.2) is 24.5 Å². The van der Waals surface area contributed by atoms with Crippen LogP contribution in [0.5, 0.6) is 0 Å². The van der Waals surface area contributed by atoms with Crippen LogP contribution in [0.4, 0.5) is 0 Å². The van der Waals surface area contributed by atoms with Crippen molar-refractivity contribution in [2.75, 3.05) is 13.2 Å². The number of rotatable bonds is 7. The summed E-state index contributed by atoms with van der Waals surface area (Å²) >= 11 is 0. The first-order valence-corrected chi connectivity index (χ1v) is 5.55. The Morgan fingerprint density at radius 1 is 1.53 bits per heavy atom. The van der Waals surface area contributed by atoms with Crippen molar-refractivity contribution in [1.29, 1.82) is 0 Å². The molecule has 15 heavy (non-hydrogen) atoms. The number of ether oxygens (including phenoxy) is 1. The lowest BCUT2D eigenvalue weighted by Crippen LogP contribution is -2.27. The minimum atomic E-state index is 0.136. The number of aryl methyl sites for hydroxylation is 1. The molecule has 0 aliphatic carbocycles. The molecule has 0 aliphatic rings. The van der Waals surface area contributed by atoms with Gasteiger partial charge in [0.1, 0.15) is 0 Å². The van der Waals surface area contributed by atoms with E-state index in [4.69, 9.17) is 10.5 Å². The molecule has 1 atom stereocenters. The fraction of sp³-hybridized carbons (Fsp3) is 0.583. The second-order valence-electron chi connectivity index (χ2n) is 3.73. The molecule has 1 rings (SSSR count). The normalized spacial score (nSPS) is 12.7. The number of pyridine rings is 1. The maximum Gasteiger partial charge on any atom is 0.0617 e. The van der Waals surface area contributed by atoms with Gasteiger partial charge in [0.05, 0.1) is 6.61 Å². The molecule has 0 saturated carbocycles. The monoisotopic (exact) mass is 208 g/mol. The summed E-state index contributed by atoms with van der Waals surface area (Å²) in [4.78, 5) is 4.07. The highest BCUT2D eigenvalue weighted by Crippen LogP contribution is 2.02. The van der Waals surface area contributed by atoms with Gasteiger partial charge in [-0.3, -0.25) is 4.98 Å². The van der Waals surface area contributed by atoms with Crippen molar-refractivity contribution in [1.82, 2.24) is 4.98 Å². The van der Waals surface area contributed by atoms with Crippen LogP contribution in [0.3, 0.4) is 0 Å². The minimum Gasteiger partial charge on any atom is -0.380 e. The van der Waals surface area contributed by atoms with Crippen LogP contribution in [0.25, 0.3) is 0 Å². The lowest BCUT2D eigenvalue weighted by atomic mass is 10.1. The molecule has 84 valence electrons. The molecule has 1 aromatic rings. The van der Waals surface area contributed by atoms with Crippen molar-refractivity contribution in [2.45, 2.75) is 32.2 Å². The Balaban J connectivity index is 2.14. The van der Waals surface area contributed by atoms with Crippen LogP contribution in [0.1, 0.15) is 25.3 Å². The average Bonchev–Trinajstić information content (AvgIpc) is 2.28. The van der Waals surface area contributed by atoms with E-state index < -0.39 is 0 Å². The van der Waals surface area contributed by atoms with Crippen molar-refractivity contribution in [3.63, 3.8) is 0 Å². The lowest BCUT2D eigenvalue weighted by Gasteiger charge is -2.11. The summed E-state index contributed by atoms with van der Waals surface area (Å²) in [6.45, 7) is 3.57. The highest BCUT2D eigenvalue weighted by atomic mass is 16.5. The molecule has 0 fully saturated rings. The zero-order valence-corrected chi connectivity index (χ0v) is 9.36. The van der Waals surface area contributed by atoms with Gasteiger partial charge in [-0.1, -0.05) is 13.0 Å². The maximum absolute atomic E-state index is 5.92. The molecular formula is C12H20N2O. The van der Waals surface area contributed by atoms with Crippen molar-refractivity contribution < 1.29 is 4.74 Å². The summed E-state index contributed by atoms with van der Waals surface area (Å²) < 4.78 is 5.39. The second-order valence-corrected chi connectivity index (χ2v) is 3.73. The lowest BCUT2D eigenvalue weighted by molar-refractivity contribution is 0.119. The van der Waals surface area contributed by atoms with E-state index in [0.29, 0.717) is 6.61 Å². The molecule has 0 aromatic carbocycles. The van der Waals surface area contributed by atoms with Gasteiger partial charge >= 0.3 is 0 Å². The smallest absolute Gasteiger partial charge is 0.0617 e. The van der Waals surface area contributed by atoms with Crippen LogP contribution in [-0.4, -0.2) is 24.2 Å². The van der Waals surface area contributed by atoms with E-state index >= 15 is 0 Å². The molecule has 2 N–H and O–H groups in total. The number of hydrogen-bond donors (Lipinski definition) is 1. The third-order valence-corrected chi connectivity index (χ3v) is 2.21. The summed E-state index contributed by atoms with van der Waals surface area (Å²) in [6, 6.07) is 4.16. The predicted molar refractivity (Wildman–Crippen MR) is 61.6 cm³/mol. The Kier molecular flexibility index (Phi) is 5.97. The van der Waals surface area contributed by atoms with E-state index in [1.165, 1.54) is 5.56 Å². The number of hydrogen-bond acceptors (Lipinski definition) is 3. The Morgan fingerprint density at radius 3 is 3.07 bits per heavy atom. The van der Waals surface area contributed by atoms with Gasteiger partial charge < -0.3 is 10.5 Å². The zero-order valence-electron chi connectivity index (χ0n) is 9.36. The van der Waals surface area contributed by atoms with Crippen LogP contribution >= 0.6 is 0 Å². The van der Waals surface area contributed by atoms with Crippen LogP contribution in [0.2, 0.25) is 0 Å². The van der Waals surface area contributed by atoms with E-state index in [9.17, 15) is 0 Å². The fourth-order valence-corrected chi connectivity index (χ4v) is 1.36. The van der Waals surface area contributed by atoms with Gasteiger partial charge in [-0.15, -0.1) is 0 Å².